The summed E-state index contributed by atoms with van der Waals surface area (Å²) in [7, 11) is 2.68. The van der Waals surface area contributed by atoms with E-state index in [9.17, 15) is 9.59 Å². The van der Waals surface area contributed by atoms with Crippen molar-refractivity contribution in [2.75, 3.05) is 19.5 Å². The van der Waals surface area contributed by atoms with E-state index in [2.05, 4.69) is 15.3 Å². The minimum absolute atomic E-state index is 0.0337. The molecule has 3 aromatic rings. The van der Waals surface area contributed by atoms with Crippen molar-refractivity contribution >= 4 is 28.5 Å². The molecule has 0 aliphatic rings. The van der Waals surface area contributed by atoms with Gasteiger partial charge in [0.25, 0.3) is 5.91 Å². The molecule has 0 fully saturated rings. The molecule has 0 spiro atoms. The van der Waals surface area contributed by atoms with Gasteiger partial charge in [-0.2, -0.15) is 0 Å². The second kappa shape index (κ2) is 6.96. The molecule has 2 heterocycles. The molecular weight excluding hydrogens is 322 g/mol. The molecule has 0 bridgehead atoms. The number of para-hydroxylation sites is 1. The molecule has 126 valence electrons. The summed E-state index contributed by atoms with van der Waals surface area (Å²) in [4.78, 5) is 32.9. The fourth-order valence-electron chi connectivity index (χ4n) is 2.39. The Hall–Kier alpha value is -3.48. The number of pyridine rings is 2. The summed E-state index contributed by atoms with van der Waals surface area (Å²) in [5, 5.41) is 3.41. The molecule has 0 unspecified atom stereocenters. The number of ether oxygens (including phenoxy) is 2. The van der Waals surface area contributed by atoms with Gasteiger partial charge >= 0.3 is 5.97 Å². The number of fused-ring (bicyclic) bond motifs is 1. The standard InChI is InChI=1S/C18H15N3O4/c1-24-15-8-7-14(16(21-15)18(23)25-2)20-17(22)12-9-10-19-13-6-4-3-5-11(12)13/h3-10H,1-2H3,(H,20,22). The molecule has 7 heteroatoms. The van der Waals surface area contributed by atoms with E-state index in [-0.39, 0.29) is 23.2 Å². The van der Waals surface area contributed by atoms with Gasteiger partial charge in [-0.05, 0) is 18.2 Å². The number of esters is 1. The van der Waals surface area contributed by atoms with Crippen molar-refractivity contribution in [3.63, 3.8) is 0 Å². The lowest BCUT2D eigenvalue weighted by Gasteiger charge is -2.11. The molecule has 1 amide bonds. The third kappa shape index (κ3) is 3.25. The van der Waals surface area contributed by atoms with Crippen LogP contribution in [0, 0.1) is 0 Å². The highest BCUT2D eigenvalue weighted by Gasteiger charge is 2.19. The molecular formula is C18H15N3O4. The third-order valence-electron chi connectivity index (χ3n) is 3.60. The molecule has 0 aliphatic heterocycles. The number of amides is 1. The van der Waals surface area contributed by atoms with Crippen molar-refractivity contribution in [1.82, 2.24) is 9.97 Å². The van der Waals surface area contributed by atoms with E-state index in [4.69, 9.17) is 9.47 Å². The zero-order valence-electron chi connectivity index (χ0n) is 13.6. The Morgan fingerprint density at radius 3 is 2.60 bits per heavy atom. The number of hydrogen-bond donors (Lipinski definition) is 1. The molecule has 3 rings (SSSR count). The van der Waals surface area contributed by atoms with Gasteiger partial charge in [0.2, 0.25) is 5.88 Å². The first-order chi connectivity index (χ1) is 12.1. The van der Waals surface area contributed by atoms with Crippen LogP contribution in [0.5, 0.6) is 5.88 Å². The van der Waals surface area contributed by atoms with Crippen molar-refractivity contribution < 1.29 is 19.1 Å². The Morgan fingerprint density at radius 1 is 1.04 bits per heavy atom. The van der Waals surface area contributed by atoms with Crippen molar-refractivity contribution in [2.45, 2.75) is 0 Å². The van der Waals surface area contributed by atoms with E-state index in [0.717, 1.165) is 0 Å². The molecule has 0 aliphatic carbocycles. The molecule has 1 N–H and O–H groups in total. The molecule has 0 atom stereocenters. The van der Waals surface area contributed by atoms with Gasteiger partial charge in [-0.25, -0.2) is 9.78 Å². The SMILES string of the molecule is COC(=O)c1nc(OC)ccc1NC(=O)c1ccnc2ccccc12. The highest BCUT2D eigenvalue weighted by atomic mass is 16.5. The summed E-state index contributed by atoms with van der Waals surface area (Å²) in [5.74, 6) is -0.808. The van der Waals surface area contributed by atoms with Crippen molar-refractivity contribution in [2.24, 2.45) is 0 Å². The monoisotopic (exact) mass is 337 g/mol. The lowest BCUT2D eigenvalue weighted by Crippen LogP contribution is -2.17. The van der Waals surface area contributed by atoms with Gasteiger partial charge in [0.05, 0.1) is 31.0 Å². The number of methoxy groups -OCH3 is 2. The molecule has 25 heavy (non-hydrogen) atoms. The van der Waals surface area contributed by atoms with Crippen LogP contribution in [-0.2, 0) is 4.74 Å². The van der Waals surface area contributed by atoms with Crippen LogP contribution in [0.4, 0.5) is 5.69 Å². The normalized spacial score (nSPS) is 10.3. The Bertz CT molecular complexity index is 951. The third-order valence-corrected chi connectivity index (χ3v) is 3.60. The fraction of sp³-hybridized carbons (Fsp3) is 0.111. The van der Waals surface area contributed by atoms with Crippen LogP contribution in [0.25, 0.3) is 10.9 Å². The van der Waals surface area contributed by atoms with E-state index >= 15 is 0 Å². The lowest BCUT2D eigenvalue weighted by atomic mass is 10.1. The van der Waals surface area contributed by atoms with E-state index in [0.29, 0.717) is 16.5 Å². The van der Waals surface area contributed by atoms with E-state index < -0.39 is 5.97 Å². The predicted octanol–water partition coefficient (Wildman–Crippen LogP) is 2.68. The smallest absolute Gasteiger partial charge is 0.358 e. The lowest BCUT2D eigenvalue weighted by molar-refractivity contribution is 0.0594. The first-order valence-electron chi connectivity index (χ1n) is 7.42. The second-order valence-electron chi connectivity index (χ2n) is 5.07. The van der Waals surface area contributed by atoms with E-state index in [1.165, 1.54) is 14.2 Å². The molecule has 7 nitrogen and oxygen atoms in total. The van der Waals surface area contributed by atoms with E-state index in [1.54, 1.807) is 24.4 Å². The minimum atomic E-state index is -0.672. The maximum absolute atomic E-state index is 12.7. The number of carbonyl (C=O) groups is 2. The highest BCUT2D eigenvalue weighted by molar-refractivity contribution is 6.13. The van der Waals surface area contributed by atoms with Gasteiger partial charge in [-0.3, -0.25) is 9.78 Å². The summed E-state index contributed by atoms with van der Waals surface area (Å²) in [6, 6.07) is 12.0. The Labute approximate surface area is 143 Å². The van der Waals surface area contributed by atoms with Crippen LogP contribution in [0.2, 0.25) is 0 Å². The van der Waals surface area contributed by atoms with Gasteiger partial charge < -0.3 is 14.8 Å². The zero-order chi connectivity index (χ0) is 17.8. The maximum Gasteiger partial charge on any atom is 0.358 e. The van der Waals surface area contributed by atoms with Crippen LogP contribution in [0.3, 0.4) is 0 Å². The largest absolute Gasteiger partial charge is 0.481 e. The second-order valence-corrected chi connectivity index (χ2v) is 5.07. The van der Waals surface area contributed by atoms with Gasteiger partial charge in [0.15, 0.2) is 5.69 Å². The summed E-state index contributed by atoms with van der Waals surface area (Å²) in [6.45, 7) is 0. The Kier molecular flexibility index (Phi) is 4.56. The Balaban J connectivity index is 1.99. The molecule has 0 radical (unpaired) electrons. The van der Waals surface area contributed by atoms with Gasteiger partial charge in [-0.1, -0.05) is 18.2 Å². The van der Waals surface area contributed by atoms with E-state index in [1.807, 2.05) is 24.3 Å². The molecule has 2 aromatic heterocycles. The van der Waals surface area contributed by atoms with Crippen LogP contribution < -0.4 is 10.1 Å². The first kappa shape index (κ1) is 16.4. The van der Waals surface area contributed by atoms with Crippen molar-refractivity contribution in [3.8, 4) is 5.88 Å². The maximum atomic E-state index is 12.7. The first-order valence-corrected chi connectivity index (χ1v) is 7.42. The predicted molar refractivity (Wildman–Crippen MR) is 91.8 cm³/mol. The van der Waals surface area contributed by atoms with Crippen molar-refractivity contribution in [1.29, 1.82) is 0 Å². The highest BCUT2D eigenvalue weighted by Crippen LogP contribution is 2.22. The minimum Gasteiger partial charge on any atom is -0.481 e. The molecule has 1 aromatic carbocycles. The fourth-order valence-corrected chi connectivity index (χ4v) is 2.39. The van der Waals surface area contributed by atoms with Gasteiger partial charge in [-0.15, -0.1) is 0 Å². The van der Waals surface area contributed by atoms with Gasteiger partial charge in [0, 0.05) is 17.6 Å². The number of anilines is 1. The summed E-state index contributed by atoms with van der Waals surface area (Å²) >= 11 is 0. The number of hydrogen-bond acceptors (Lipinski definition) is 6. The zero-order valence-corrected chi connectivity index (χ0v) is 13.6. The van der Waals surface area contributed by atoms with Crippen LogP contribution in [-0.4, -0.2) is 36.1 Å². The quantitative estimate of drug-likeness (QED) is 0.736. The van der Waals surface area contributed by atoms with Crippen LogP contribution >= 0.6 is 0 Å². The number of benzene rings is 1. The average Bonchev–Trinajstić information content (AvgIpc) is 2.67. The number of nitrogens with one attached hydrogen (secondary N) is 1. The summed E-state index contributed by atoms with van der Waals surface area (Å²) in [5.41, 5.74) is 1.35. The number of aromatic nitrogens is 2. The Morgan fingerprint density at radius 2 is 1.84 bits per heavy atom. The summed E-state index contributed by atoms with van der Waals surface area (Å²) in [6.07, 6.45) is 1.56. The average molecular weight is 337 g/mol. The van der Waals surface area contributed by atoms with Crippen LogP contribution in [0.15, 0.2) is 48.7 Å². The number of carbonyl (C=O) groups excluding carboxylic acids is 2. The van der Waals surface area contributed by atoms with Gasteiger partial charge in [0.1, 0.15) is 0 Å². The topological polar surface area (TPSA) is 90.4 Å². The number of nitrogens with zero attached hydrogens (tertiary/aromatic N) is 2. The summed E-state index contributed by atoms with van der Waals surface area (Å²) < 4.78 is 9.73. The van der Waals surface area contributed by atoms with Crippen LogP contribution in [0.1, 0.15) is 20.8 Å². The molecule has 0 saturated carbocycles. The molecule has 0 saturated heterocycles. The number of rotatable bonds is 4. The van der Waals surface area contributed by atoms with Crippen molar-refractivity contribution in [3.05, 3.63) is 59.9 Å².